The lowest BCUT2D eigenvalue weighted by molar-refractivity contribution is 0.660. The van der Waals surface area contributed by atoms with Crippen molar-refractivity contribution in [3.05, 3.63) is 49.9 Å². The smallest absolute Gasteiger partial charge is 0.137 e. The lowest BCUT2D eigenvalue weighted by atomic mass is 10.1. The topological polar surface area (TPSA) is 13.1 Å². The minimum atomic E-state index is 0.805. The molecule has 0 amide bonds. The maximum atomic E-state index is 5.85. The second-order valence-electron chi connectivity index (χ2n) is 3.71. The van der Waals surface area contributed by atoms with E-state index < -0.39 is 0 Å². The molecule has 0 aliphatic heterocycles. The first-order chi connectivity index (χ1) is 8.15. The van der Waals surface area contributed by atoms with Gasteiger partial charge in [0.2, 0.25) is 0 Å². The van der Waals surface area contributed by atoms with Gasteiger partial charge in [0, 0.05) is 19.7 Å². The van der Waals surface area contributed by atoms with Crippen molar-refractivity contribution in [1.82, 2.24) is 0 Å². The van der Waals surface area contributed by atoms with E-state index in [4.69, 9.17) is 16.6 Å². The molecule has 0 aliphatic rings. The van der Waals surface area contributed by atoms with Gasteiger partial charge in [-0.15, -0.1) is 0 Å². The van der Waals surface area contributed by atoms with E-state index in [1.165, 1.54) is 0 Å². The van der Waals surface area contributed by atoms with Crippen LogP contribution in [0.5, 0.6) is 0 Å². The standard InChI is InChI=1S/C13H6Br2OS/c14-7-2-4-11-10(5-7)13(17)9-3-1-8(15)6-12(9)16-11/h1-6H. The van der Waals surface area contributed by atoms with Crippen molar-refractivity contribution in [3.8, 4) is 0 Å². The Kier molecular flexibility index (Phi) is 2.81. The summed E-state index contributed by atoms with van der Waals surface area (Å²) in [5, 5.41) is 1.93. The number of fused-ring (bicyclic) bond motifs is 2. The van der Waals surface area contributed by atoms with E-state index in [0.29, 0.717) is 0 Å². The van der Waals surface area contributed by atoms with Gasteiger partial charge in [0.25, 0.3) is 0 Å². The molecule has 3 rings (SSSR count). The molecule has 3 aromatic rings. The lowest BCUT2D eigenvalue weighted by Gasteiger charge is -2.03. The predicted molar refractivity (Wildman–Crippen MR) is 80.0 cm³/mol. The van der Waals surface area contributed by atoms with Crippen LogP contribution >= 0.6 is 44.1 Å². The zero-order valence-electron chi connectivity index (χ0n) is 8.54. The van der Waals surface area contributed by atoms with Crippen LogP contribution in [0.15, 0.2) is 49.8 Å². The number of hydrogen-bond donors (Lipinski definition) is 0. The summed E-state index contributed by atoms with van der Waals surface area (Å²) in [5.74, 6) is 0. The normalized spacial score (nSPS) is 11.2. The Morgan fingerprint density at radius 2 is 1.53 bits per heavy atom. The van der Waals surface area contributed by atoms with Crippen molar-refractivity contribution >= 4 is 66.0 Å². The first kappa shape index (κ1) is 11.4. The Morgan fingerprint density at radius 3 is 2.35 bits per heavy atom. The van der Waals surface area contributed by atoms with Gasteiger partial charge in [0.1, 0.15) is 11.2 Å². The fraction of sp³-hybridized carbons (Fsp3) is 0. The fourth-order valence-corrected chi connectivity index (χ4v) is 2.83. The highest BCUT2D eigenvalue weighted by Crippen LogP contribution is 2.29. The SMILES string of the molecule is S=c1c2ccc(Br)cc2oc2ccc(Br)cc12. The molecule has 1 aromatic heterocycles. The van der Waals surface area contributed by atoms with Gasteiger partial charge in [0.05, 0.1) is 4.51 Å². The maximum absolute atomic E-state index is 5.85. The van der Waals surface area contributed by atoms with Crippen molar-refractivity contribution < 1.29 is 4.42 Å². The van der Waals surface area contributed by atoms with Crippen LogP contribution in [-0.4, -0.2) is 0 Å². The number of hydrogen-bond acceptors (Lipinski definition) is 2. The summed E-state index contributed by atoms with van der Waals surface area (Å²) in [6.07, 6.45) is 0. The van der Waals surface area contributed by atoms with Crippen LogP contribution in [0.1, 0.15) is 0 Å². The third kappa shape index (κ3) is 1.94. The predicted octanol–water partition coefficient (Wildman–Crippen LogP) is 5.84. The highest BCUT2D eigenvalue weighted by molar-refractivity contribution is 9.10. The van der Waals surface area contributed by atoms with Gasteiger partial charge in [0.15, 0.2) is 0 Å². The molecule has 0 fully saturated rings. The summed E-state index contributed by atoms with van der Waals surface area (Å²) >= 11 is 12.4. The first-order valence-electron chi connectivity index (χ1n) is 4.97. The monoisotopic (exact) mass is 368 g/mol. The van der Waals surface area contributed by atoms with E-state index in [1.807, 2.05) is 36.4 Å². The van der Waals surface area contributed by atoms with E-state index in [0.717, 1.165) is 35.4 Å². The minimum absolute atomic E-state index is 0.805. The maximum Gasteiger partial charge on any atom is 0.137 e. The van der Waals surface area contributed by atoms with Crippen LogP contribution in [0.2, 0.25) is 0 Å². The van der Waals surface area contributed by atoms with Gasteiger partial charge in [-0.25, -0.2) is 0 Å². The van der Waals surface area contributed by atoms with Crippen LogP contribution in [0.25, 0.3) is 21.9 Å². The second kappa shape index (κ2) is 4.19. The molecule has 0 unspecified atom stereocenters. The Labute approximate surface area is 120 Å². The molecule has 0 radical (unpaired) electrons. The third-order valence-electron chi connectivity index (χ3n) is 2.59. The molecule has 4 heteroatoms. The van der Waals surface area contributed by atoms with Crippen molar-refractivity contribution in [1.29, 1.82) is 0 Å². The van der Waals surface area contributed by atoms with Gasteiger partial charge in [-0.05, 0) is 36.4 Å². The van der Waals surface area contributed by atoms with Crippen molar-refractivity contribution in [2.24, 2.45) is 0 Å². The van der Waals surface area contributed by atoms with Gasteiger partial charge in [-0.1, -0.05) is 44.1 Å². The van der Waals surface area contributed by atoms with Gasteiger partial charge in [-0.3, -0.25) is 0 Å². The van der Waals surface area contributed by atoms with Gasteiger partial charge < -0.3 is 4.42 Å². The van der Waals surface area contributed by atoms with E-state index in [2.05, 4.69) is 31.9 Å². The summed E-state index contributed by atoms with van der Waals surface area (Å²) in [6.45, 7) is 0. The van der Waals surface area contributed by atoms with Gasteiger partial charge >= 0.3 is 0 Å². The van der Waals surface area contributed by atoms with E-state index >= 15 is 0 Å². The molecular weight excluding hydrogens is 364 g/mol. The Morgan fingerprint density at radius 1 is 0.824 bits per heavy atom. The average molecular weight is 370 g/mol. The first-order valence-corrected chi connectivity index (χ1v) is 6.96. The van der Waals surface area contributed by atoms with Crippen LogP contribution < -0.4 is 0 Å². The number of rotatable bonds is 0. The molecular formula is C13H6Br2OS. The minimum Gasteiger partial charge on any atom is -0.456 e. The molecule has 0 aliphatic carbocycles. The van der Waals surface area contributed by atoms with Gasteiger partial charge in [-0.2, -0.15) is 0 Å². The third-order valence-corrected chi connectivity index (χ3v) is 4.02. The molecule has 1 heterocycles. The molecule has 2 aromatic carbocycles. The molecule has 0 saturated heterocycles. The van der Waals surface area contributed by atoms with E-state index in [1.54, 1.807) is 0 Å². The fourth-order valence-electron chi connectivity index (χ4n) is 1.80. The van der Waals surface area contributed by atoms with Crippen LogP contribution in [0.4, 0.5) is 0 Å². The van der Waals surface area contributed by atoms with Crippen molar-refractivity contribution in [3.63, 3.8) is 0 Å². The van der Waals surface area contributed by atoms with Crippen molar-refractivity contribution in [2.75, 3.05) is 0 Å². The average Bonchev–Trinajstić information content (AvgIpc) is 2.30. The van der Waals surface area contributed by atoms with Crippen LogP contribution in [0.3, 0.4) is 0 Å². The van der Waals surface area contributed by atoms with Crippen LogP contribution in [-0.2, 0) is 0 Å². The Balaban J connectivity index is 2.57. The number of benzene rings is 2. The molecule has 0 N–H and O–H groups in total. The Hall–Kier alpha value is -0.710. The zero-order chi connectivity index (χ0) is 12.0. The lowest BCUT2D eigenvalue weighted by Crippen LogP contribution is -1.79. The molecule has 0 bridgehead atoms. The summed E-state index contributed by atoms with van der Waals surface area (Å²) in [6, 6.07) is 11.7. The highest BCUT2D eigenvalue weighted by atomic mass is 79.9. The quantitative estimate of drug-likeness (QED) is 0.364. The molecule has 0 saturated carbocycles. The van der Waals surface area contributed by atoms with E-state index in [-0.39, 0.29) is 0 Å². The molecule has 17 heavy (non-hydrogen) atoms. The summed E-state index contributed by atoms with van der Waals surface area (Å²) < 4.78 is 8.66. The molecule has 1 nitrogen and oxygen atoms in total. The summed E-state index contributed by atoms with van der Waals surface area (Å²) in [4.78, 5) is 0. The molecule has 84 valence electrons. The highest BCUT2D eigenvalue weighted by Gasteiger charge is 2.05. The Bertz CT molecular complexity index is 792. The van der Waals surface area contributed by atoms with Crippen LogP contribution in [0, 0.1) is 4.51 Å². The largest absolute Gasteiger partial charge is 0.456 e. The molecule has 0 atom stereocenters. The molecule has 0 spiro atoms. The summed E-state index contributed by atoms with van der Waals surface area (Å²) in [5.41, 5.74) is 1.61. The second-order valence-corrected chi connectivity index (χ2v) is 5.95. The zero-order valence-corrected chi connectivity index (χ0v) is 12.5. The number of halogens is 2. The van der Waals surface area contributed by atoms with E-state index in [9.17, 15) is 0 Å². The van der Waals surface area contributed by atoms with Crippen molar-refractivity contribution in [2.45, 2.75) is 0 Å². The summed E-state index contributed by atoms with van der Waals surface area (Å²) in [7, 11) is 0.